The Morgan fingerprint density at radius 3 is 3.05 bits per heavy atom. The first-order valence-electron chi connectivity index (χ1n) is 6.17. The molecule has 2 atom stereocenters. The number of nitrogens with zero attached hydrogens (tertiary/aromatic N) is 3. The minimum atomic E-state index is -0.131. The minimum Gasteiger partial charge on any atom is -0.480 e. The molecule has 0 spiro atoms. The van der Waals surface area contributed by atoms with E-state index in [4.69, 9.17) is 20.3 Å². The molecule has 0 bridgehead atoms. The molecule has 102 valence electrons. The summed E-state index contributed by atoms with van der Waals surface area (Å²) in [5.41, 5.74) is 6.37. The Bertz CT molecular complexity index is 598. The molecule has 0 radical (unpaired) electrons. The topological polar surface area (TPSA) is 95.4 Å². The van der Waals surface area contributed by atoms with Gasteiger partial charge in [-0.25, -0.2) is 0 Å². The van der Waals surface area contributed by atoms with Gasteiger partial charge in [0.1, 0.15) is 6.23 Å². The van der Waals surface area contributed by atoms with Crippen molar-refractivity contribution in [2.75, 3.05) is 19.5 Å². The van der Waals surface area contributed by atoms with Gasteiger partial charge in [0, 0.05) is 6.20 Å². The number of hydrogen-bond acceptors (Lipinski definition) is 6. The van der Waals surface area contributed by atoms with Crippen LogP contribution in [0.5, 0.6) is 5.88 Å². The second-order valence-corrected chi connectivity index (χ2v) is 4.52. The standard InChI is InChI=1S/C12H16N4O3/c1-18-11-8-4-5-16(10(8)14-12(13)15-11)9-3-2-7(6-17)19-9/h4-5,7,9,17H,2-3,6H2,1H3,(H2,13,14,15). The van der Waals surface area contributed by atoms with Crippen LogP contribution in [0.1, 0.15) is 19.1 Å². The zero-order chi connectivity index (χ0) is 13.4. The van der Waals surface area contributed by atoms with Crippen LogP contribution in [0.25, 0.3) is 11.0 Å². The third-order valence-electron chi connectivity index (χ3n) is 3.35. The summed E-state index contributed by atoms with van der Waals surface area (Å²) in [7, 11) is 1.55. The van der Waals surface area contributed by atoms with E-state index in [0.717, 1.165) is 18.2 Å². The van der Waals surface area contributed by atoms with Gasteiger partial charge >= 0.3 is 0 Å². The molecule has 3 rings (SSSR count). The van der Waals surface area contributed by atoms with Crippen LogP contribution >= 0.6 is 0 Å². The molecule has 0 saturated carbocycles. The summed E-state index contributed by atoms with van der Waals surface area (Å²) in [5.74, 6) is 0.624. The van der Waals surface area contributed by atoms with Gasteiger partial charge in [0.15, 0.2) is 5.65 Å². The van der Waals surface area contributed by atoms with Crippen molar-refractivity contribution in [3.63, 3.8) is 0 Å². The van der Waals surface area contributed by atoms with Gasteiger partial charge in [0.05, 0.1) is 25.2 Å². The van der Waals surface area contributed by atoms with Gasteiger partial charge in [-0.15, -0.1) is 0 Å². The normalized spacial score (nSPS) is 23.1. The number of nitrogen functional groups attached to an aromatic ring is 1. The largest absolute Gasteiger partial charge is 0.480 e. The lowest BCUT2D eigenvalue weighted by atomic mass is 10.2. The Morgan fingerprint density at radius 2 is 2.37 bits per heavy atom. The Kier molecular flexibility index (Phi) is 3.00. The number of aliphatic hydroxyl groups excluding tert-OH is 1. The fourth-order valence-electron chi connectivity index (χ4n) is 2.44. The lowest BCUT2D eigenvalue weighted by Gasteiger charge is -2.15. The summed E-state index contributed by atoms with van der Waals surface area (Å²) < 4.78 is 12.9. The third-order valence-corrected chi connectivity index (χ3v) is 3.35. The van der Waals surface area contributed by atoms with Gasteiger partial charge < -0.3 is 24.9 Å². The zero-order valence-electron chi connectivity index (χ0n) is 10.6. The van der Waals surface area contributed by atoms with E-state index in [1.807, 2.05) is 16.8 Å². The van der Waals surface area contributed by atoms with Crippen LogP contribution in [-0.4, -0.2) is 39.5 Å². The van der Waals surface area contributed by atoms with Crippen LogP contribution in [0.3, 0.4) is 0 Å². The first-order valence-corrected chi connectivity index (χ1v) is 6.17. The predicted molar refractivity (Wildman–Crippen MR) is 68.7 cm³/mol. The van der Waals surface area contributed by atoms with Crippen molar-refractivity contribution in [1.82, 2.24) is 14.5 Å². The maximum atomic E-state index is 9.12. The highest BCUT2D eigenvalue weighted by molar-refractivity contribution is 5.82. The number of aliphatic hydroxyl groups is 1. The molecule has 19 heavy (non-hydrogen) atoms. The van der Waals surface area contributed by atoms with Gasteiger partial charge in [0.25, 0.3) is 0 Å². The highest BCUT2D eigenvalue weighted by Gasteiger charge is 2.27. The minimum absolute atomic E-state index is 0.0378. The van der Waals surface area contributed by atoms with Crippen molar-refractivity contribution >= 4 is 17.0 Å². The molecule has 1 saturated heterocycles. The van der Waals surface area contributed by atoms with Crippen molar-refractivity contribution in [3.05, 3.63) is 12.3 Å². The van der Waals surface area contributed by atoms with Crippen molar-refractivity contribution in [2.45, 2.75) is 25.2 Å². The second kappa shape index (κ2) is 4.67. The quantitative estimate of drug-likeness (QED) is 0.847. The van der Waals surface area contributed by atoms with Crippen LogP contribution in [0.4, 0.5) is 5.95 Å². The van der Waals surface area contributed by atoms with Gasteiger partial charge in [-0.3, -0.25) is 0 Å². The van der Waals surface area contributed by atoms with Crippen molar-refractivity contribution in [2.24, 2.45) is 0 Å². The number of ether oxygens (including phenoxy) is 2. The lowest BCUT2D eigenvalue weighted by molar-refractivity contribution is -0.0204. The molecule has 3 N–H and O–H groups in total. The van der Waals surface area contributed by atoms with Crippen molar-refractivity contribution in [3.8, 4) is 5.88 Å². The van der Waals surface area contributed by atoms with E-state index >= 15 is 0 Å². The molecule has 0 aromatic carbocycles. The molecule has 7 nitrogen and oxygen atoms in total. The van der Waals surface area contributed by atoms with E-state index in [1.54, 1.807) is 7.11 Å². The summed E-state index contributed by atoms with van der Waals surface area (Å²) in [6, 6.07) is 1.88. The molecule has 1 fully saturated rings. The first kappa shape index (κ1) is 12.2. The van der Waals surface area contributed by atoms with Crippen LogP contribution in [0.2, 0.25) is 0 Å². The van der Waals surface area contributed by atoms with E-state index in [9.17, 15) is 0 Å². The molecular formula is C12H16N4O3. The monoisotopic (exact) mass is 264 g/mol. The average Bonchev–Trinajstić information content (AvgIpc) is 3.03. The van der Waals surface area contributed by atoms with Crippen LogP contribution in [0, 0.1) is 0 Å². The van der Waals surface area contributed by atoms with E-state index in [2.05, 4.69) is 9.97 Å². The maximum Gasteiger partial charge on any atom is 0.227 e. The molecule has 2 unspecified atom stereocenters. The maximum absolute atomic E-state index is 9.12. The van der Waals surface area contributed by atoms with E-state index in [0.29, 0.717) is 11.5 Å². The van der Waals surface area contributed by atoms with E-state index in [-0.39, 0.29) is 24.9 Å². The lowest BCUT2D eigenvalue weighted by Crippen LogP contribution is -2.14. The number of methoxy groups -OCH3 is 1. The number of anilines is 1. The number of rotatable bonds is 3. The summed E-state index contributed by atoms with van der Waals surface area (Å²) in [5, 5.41) is 9.92. The van der Waals surface area contributed by atoms with E-state index < -0.39 is 0 Å². The smallest absolute Gasteiger partial charge is 0.227 e. The molecule has 2 aromatic rings. The Hall–Kier alpha value is -1.86. The molecule has 1 aliphatic rings. The van der Waals surface area contributed by atoms with Crippen LogP contribution < -0.4 is 10.5 Å². The number of fused-ring (bicyclic) bond motifs is 1. The average molecular weight is 264 g/mol. The summed E-state index contributed by atoms with van der Waals surface area (Å²) in [6.45, 7) is 0.0378. The summed E-state index contributed by atoms with van der Waals surface area (Å²) >= 11 is 0. The molecule has 2 aromatic heterocycles. The number of aromatic nitrogens is 3. The Labute approximate surface area is 110 Å². The zero-order valence-corrected chi connectivity index (χ0v) is 10.6. The van der Waals surface area contributed by atoms with Crippen molar-refractivity contribution < 1.29 is 14.6 Å². The predicted octanol–water partition coefficient (Wildman–Crippen LogP) is 0.692. The summed E-state index contributed by atoms with van der Waals surface area (Å²) in [6.07, 6.45) is 3.31. The molecule has 0 aliphatic carbocycles. The van der Waals surface area contributed by atoms with Gasteiger partial charge in [0.2, 0.25) is 11.8 Å². The van der Waals surface area contributed by atoms with Crippen LogP contribution in [0.15, 0.2) is 12.3 Å². The SMILES string of the molecule is COc1nc(N)nc2c1ccn2C1CCC(CO)O1. The molecule has 3 heterocycles. The first-order chi connectivity index (χ1) is 9.22. The van der Waals surface area contributed by atoms with Gasteiger partial charge in [-0.2, -0.15) is 9.97 Å². The molecular weight excluding hydrogens is 248 g/mol. The number of nitrogens with two attached hydrogens (primary N) is 1. The molecule has 1 aliphatic heterocycles. The third kappa shape index (κ3) is 2.00. The fourth-order valence-corrected chi connectivity index (χ4v) is 2.44. The van der Waals surface area contributed by atoms with Gasteiger partial charge in [-0.05, 0) is 18.9 Å². The van der Waals surface area contributed by atoms with Crippen LogP contribution in [-0.2, 0) is 4.74 Å². The highest BCUT2D eigenvalue weighted by atomic mass is 16.5. The fraction of sp³-hybridized carbons (Fsp3) is 0.500. The van der Waals surface area contributed by atoms with Crippen molar-refractivity contribution in [1.29, 1.82) is 0 Å². The molecule has 7 heteroatoms. The molecule has 0 amide bonds. The Morgan fingerprint density at radius 1 is 1.53 bits per heavy atom. The number of hydrogen-bond donors (Lipinski definition) is 2. The Balaban J connectivity index is 2.03. The van der Waals surface area contributed by atoms with E-state index in [1.165, 1.54) is 0 Å². The highest BCUT2D eigenvalue weighted by Crippen LogP contribution is 2.33. The van der Waals surface area contributed by atoms with Gasteiger partial charge in [-0.1, -0.05) is 0 Å². The second-order valence-electron chi connectivity index (χ2n) is 4.52. The summed E-state index contributed by atoms with van der Waals surface area (Å²) in [4.78, 5) is 8.29.